The molecule has 2 rings (SSSR count). The van der Waals surface area contributed by atoms with Crippen LogP contribution < -0.4 is 18.9 Å². The molecule has 0 heterocycles. The summed E-state index contributed by atoms with van der Waals surface area (Å²) >= 11 is 0. The highest BCUT2D eigenvalue weighted by Gasteiger charge is 2.16. The second-order valence-electron chi connectivity index (χ2n) is 5.34. The molecule has 7 nitrogen and oxygen atoms in total. The Kier molecular flexibility index (Phi) is 7.49. The zero-order chi connectivity index (χ0) is 19.6. The molecule has 7 heteroatoms. The number of hydrogen-bond acceptors (Lipinski definition) is 7. The standard InChI is InChI=1S/C20H22O7/c1-4-25-14-5-7-15(8-6-14)26-13-20(22)27-12-18(21)17-11-16(23-2)9-10-19(17)24-3/h5-11H,4,12-13H2,1-3H3. The zero-order valence-electron chi connectivity index (χ0n) is 15.5. The summed E-state index contributed by atoms with van der Waals surface area (Å²) in [5.41, 5.74) is 0.275. The molecule has 2 aromatic carbocycles. The second kappa shape index (κ2) is 10.1. The fraction of sp³-hybridized carbons (Fsp3) is 0.300. The molecule has 0 fully saturated rings. The Balaban J connectivity index is 1.85. The maximum Gasteiger partial charge on any atom is 0.344 e. The first-order valence-electron chi connectivity index (χ1n) is 8.34. The molecule has 27 heavy (non-hydrogen) atoms. The first-order chi connectivity index (χ1) is 13.1. The topological polar surface area (TPSA) is 80.3 Å². The Hall–Kier alpha value is -3.22. The lowest BCUT2D eigenvalue weighted by molar-refractivity contribution is -0.144. The molecule has 0 saturated heterocycles. The molecule has 0 atom stereocenters. The van der Waals surface area contributed by atoms with E-state index in [1.807, 2.05) is 6.92 Å². The summed E-state index contributed by atoms with van der Waals surface area (Å²) in [6, 6.07) is 11.7. The van der Waals surface area contributed by atoms with E-state index in [-0.39, 0.29) is 12.2 Å². The maximum absolute atomic E-state index is 12.3. The smallest absolute Gasteiger partial charge is 0.344 e. The Bertz CT molecular complexity index is 768. The first-order valence-corrected chi connectivity index (χ1v) is 8.34. The van der Waals surface area contributed by atoms with Gasteiger partial charge in [-0.05, 0) is 49.4 Å². The van der Waals surface area contributed by atoms with Crippen LogP contribution in [0.25, 0.3) is 0 Å². The highest BCUT2D eigenvalue weighted by atomic mass is 16.6. The van der Waals surface area contributed by atoms with Gasteiger partial charge in [-0.3, -0.25) is 4.79 Å². The van der Waals surface area contributed by atoms with Crippen LogP contribution in [0.1, 0.15) is 17.3 Å². The number of carbonyl (C=O) groups is 2. The second-order valence-corrected chi connectivity index (χ2v) is 5.34. The zero-order valence-corrected chi connectivity index (χ0v) is 15.5. The predicted molar refractivity (Wildman–Crippen MR) is 97.9 cm³/mol. The van der Waals surface area contributed by atoms with Crippen molar-refractivity contribution in [3.63, 3.8) is 0 Å². The number of hydrogen-bond donors (Lipinski definition) is 0. The average Bonchev–Trinajstić information content (AvgIpc) is 2.71. The molecule has 0 saturated carbocycles. The van der Waals surface area contributed by atoms with Gasteiger partial charge in [0.1, 0.15) is 23.0 Å². The number of Topliss-reactive ketones (excluding diaryl/α,β-unsaturated/α-hetero) is 1. The third kappa shape index (κ3) is 5.91. The Morgan fingerprint density at radius 1 is 0.815 bits per heavy atom. The van der Waals surface area contributed by atoms with Crippen molar-refractivity contribution in [2.45, 2.75) is 6.92 Å². The summed E-state index contributed by atoms with van der Waals surface area (Å²) < 4.78 is 25.9. The fourth-order valence-electron chi connectivity index (χ4n) is 2.24. The van der Waals surface area contributed by atoms with Crippen LogP contribution in [0, 0.1) is 0 Å². The average molecular weight is 374 g/mol. The van der Waals surface area contributed by atoms with Crippen molar-refractivity contribution in [2.75, 3.05) is 34.0 Å². The van der Waals surface area contributed by atoms with Crippen LogP contribution in [0.3, 0.4) is 0 Å². The molecule has 0 aliphatic rings. The van der Waals surface area contributed by atoms with Crippen molar-refractivity contribution in [2.24, 2.45) is 0 Å². The van der Waals surface area contributed by atoms with Gasteiger partial charge in [-0.15, -0.1) is 0 Å². The number of rotatable bonds is 10. The highest BCUT2D eigenvalue weighted by molar-refractivity contribution is 6.00. The van der Waals surface area contributed by atoms with Crippen LogP contribution >= 0.6 is 0 Å². The molecule has 0 aliphatic heterocycles. The minimum atomic E-state index is -0.654. The SMILES string of the molecule is CCOc1ccc(OCC(=O)OCC(=O)c2cc(OC)ccc2OC)cc1. The van der Waals surface area contributed by atoms with Gasteiger partial charge >= 0.3 is 5.97 Å². The van der Waals surface area contributed by atoms with E-state index < -0.39 is 18.4 Å². The van der Waals surface area contributed by atoms with E-state index in [9.17, 15) is 9.59 Å². The number of ketones is 1. The molecule has 0 radical (unpaired) electrons. The van der Waals surface area contributed by atoms with Gasteiger partial charge in [0.15, 0.2) is 13.2 Å². The molecule has 0 aromatic heterocycles. The summed E-state index contributed by atoms with van der Waals surface area (Å²) in [4.78, 5) is 24.1. The predicted octanol–water partition coefficient (Wildman–Crippen LogP) is 2.91. The van der Waals surface area contributed by atoms with Crippen LogP contribution in [-0.4, -0.2) is 45.8 Å². The van der Waals surface area contributed by atoms with Gasteiger partial charge in [0.2, 0.25) is 5.78 Å². The van der Waals surface area contributed by atoms with Crippen molar-refractivity contribution in [3.05, 3.63) is 48.0 Å². The quantitative estimate of drug-likeness (QED) is 0.467. The lowest BCUT2D eigenvalue weighted by Gasteiger charge is -2.10. The third-order valence-corrected chi connectivity index (χ3v) is 3.56. The van der Waals surface area contributed by atoms with Gasteiger partial charge in [-0.2, -0.15) is 0 Å². The van der Waals surface area contributed by atoms with Crippen LogP contribution in [0.5, 0.6) is 23.0 Å². The van der Waals surface area contributed by atoms with Gasteiger partial charge in [0.05, 0.1) is 26.4 Å². The van der Waals surface area contributed by atoms with Crippen molar-refractivity contribution in [3.8, 4) is 23.0 Å². The van der Waals surface area contributed by atoms with Crippen LogP contribution in [0.15, 0.2) is 42.5 Å². The van der Waals surface area contributed by atoms with Crippen LogP contribution in [-0.2, 0) is 9.53 Å². The van der Waals surface area contributed by atoms with Gasteiger partial charge in [-0.25, -0.2) is 4.79 Å². The molecule has 0 unspecified atom stereocenters. The summed E-state index contributed by atoms with van der Waals surface area (Å²) in [7, 11) is 2.95. The van der Waals surface area contributed by atoms with E-state index in [1.165, 1.54) is 20.3 Å². The number of carbonyl (C=O) groups excluding carboxylic acids is 2. The molecular formula is C20H22O7. The number of ether oxygens (including phenoxy) is 5. The van der Waals surface area contributed by atoms with Crippen molar-refractivity contribution < 1.29 is 33.3 Å². The molecule has 0 N–H and O–H groups in total. The van der Waals surface area contributed by atoms with E-state index in [0.29, 0.717) is 29.6 Å². The number of methoxy groups -OCH3 is 2. The van der Waals surface area contributed by atoms with Crippen molar-refractivity contribution in [1.82, 2.24) is 0 Å². The molecule has 144 valence electrons. The largest absolute Gasteiger partial charge is 0.497 e. The van der Waals surface area contributed by atoms with E-state index in [2.05, 4.69) is 0 Å². The van der Waals surface area contributed by atoms with E-state index >= 15 is 0 Å². The minimum absolute atomic E-state index is 0.275. The maximum atomic E-state index is 12.3. The van der Waals surface area contributed by atoms with Gasteiger partial charge in [0.25, 0.3) is 0 Å². The van der Waals surface area contributed by atoms with Crippen LogP contribution in [0.4, 0.5) is 0 Å². The first kappa shape index (κ1) is 20.1. The Labute approximate surface area is 157 Å². The monoisotopic (exact) mass is 374 g/mol. The molecule has 2 aromatic rings. The molecule has 0 bridgehead atoms. The summed E-state index contributed by atoms with van der Waals surface area (Å²) in [6.07, 6.45) is 0. The summed E-state index contributed by atoms with van der Waals surface area (Å²) in [6.45, 7) is 1.73. The fourth-order valence-corrected chi connectivity index (χ4v) is 2.24. The van der Waals surface area contributed by atoms with Gasteiger partial charge in [0, 0.05) is 0 Å². The summed E-state index contributed by atoms with van der Waals surface area (Å²) in [5, 5.41) is 0. The Morgan fingerprint density at radius 3 is 2.04 bits per heavy atom. The van der Waals surface area contributed by atoms with Crippen molar-refractivity contribution in [1.29, 1.82) is 0 Å². The molecular weight excluding hydrogens is 352 g/mol. The van der Waals surface area contributed by atoms with Gasteiger partial charge < -0.3 is 23.7 Å². The molecule has 0 aliphatic carbocycles. The molecule has 0 spiro atoms. The lowest BCUT2D eigenvalue weighted by Crippen LogP contribution is -2.20. The van der Waals surface area contributed by atoms with E-state index in [0.717, 1.165) is 0 Å². The Morgan fingerprint density at radius 2 is 1.44 bits per heavy atom. The molecule has 0 amide bonds. The van der Waals surface area contributed by atoms with E-state index in [1.54, 1.807) is 36.4 Å². The number of esters is 1. The van der Waals surface area contributed by atoms with Crippen LogP contribution in [0.2, 0.25) is 0 Å². The minimum Gasteiger partial charge on any atom is -0.497 e. The third-order valence-electron chi connectivity index (χ3n) is 3.56. The van der Waals surface area contributed by atoms with Crippen molar-refractivity contribution >= 4 is 11.8 Å². The van der Waals surface area contributed by atoms with Gasteiger partial charge in [-0.1, -0.05) is 0 Å². The lowest BCUT2D eigenvalue weighted by atomic mass is 10.1. The highest BCUT2D eigenvalue weighted by Crippen LogP contribution is 2.24. The summed E-state index contributed by atoms with van der Waals surface area (Å²) in [5.74, 6) is 1.03. The number of benzene rings is 2. The normalized spacial score (nSPS) is 10.0. The van der Waals surface area contributed by atoms with E-state index in [4.69, 9.17) is 23.7 Å².